The van der Waals surface area contributed by atoms with Crippen molar-refractivity contribution in [3.63, 3.8) is 0 Å². The molecule has 0 spiro atoms. The van der Waals surface area contributed by atoms with Crippen molar-refractivity contribution in [1.82, 2.24) is 4.57 Å². The summed E-state index contributed by atoms with van der Waals surface area (Å²) in [6, 6.07) is 11.0. The predicted molar refractivity (Wildman–Crippen MR) is 89.1 cm³/mol. The minimum atomic E-state index is -0.529. The molecule has 24 heavy (non-hydrogen) atoms. The first kappa shape index (κ1) is 15.7. The highest BCUT2D eigenvalue weighted by atomic mass is 19.1. The van der Waals surface area contributed by atoms with Gasteiger partial charge in [0.05, 0.1) is 23.9 Å². The Morgan fingerprint density at radius 1 is 1.17 bits per heavy atom. The number of nitrogens with zero attached hydrogens (tertiary/aromatic N) is 1. The van der Waals surface area contributed by atoms with Crippen molar-refractivity contribution >= 4 is 28.4 Å². The number of hydrogen-bond acceptors (Lipinski definition) is 3. The Bertz CT molecular complexity index is 947. The molecule has 1 aromatic heterocycles. The zero-order chi connectivity index (χ0) is 17.3. The number of carbonyl (C=O) groups excluding carboxylic acids is 2. The van der Waals surface area contributed by atoms with Crippen molar-refractivity contribution in [2.75, 3.05) is 12.4 Å². The molecule has 0 saturated carbocycles. The number of rotatable bonds is 3. The number of benzene rings is 2. The molecule has 0 saturated heterocycles. The van der Waals surface area contributed by atoms with Crippen molar-refractivity contribution in [1.29, 1.82) is 0 Å². The number of fused-ring (bicyclic) bond motifs is 1. The first-order valence-electron chi connectivity index (χ1n) is 7.27. The molecule has 0 radical (unpaired) electrons. The number of aromatic nitrogens is 1. The van der Waals surface area contributed by atoms with Crippen LogP contribution in [0.25, 0.3) is 10.9 Å². The van der Waals surface area contributed by atoms with E-state index in [4.69, 9.17) is 4.74 Å². The lowest BCUT2D eigenvalue weighted by Gasteiger charge is -2.05. The largest absolute Gasteiger partial charge is 0.497 e. The molecule has 122 valence electrons. The number of carbonyl (C=O) groups is 2. The van der Waals surface area contributed by atoms with Crippen molar-refractivity contribution in [2.24, 2.45) is 0 Å². The molecule has 3 rings (SSSR count). The number of halogens is 1. The molecule has 0 unspecified atom stereocenters. The van der Waals surface area contributed by atoms with Gasteiger partial charge in [-0.2, -0.15) is 0 Å². The summed E-state index contributed by atoms with van der Waals surface area (Å²) in [5, 5.41) is 3.08. The van der Waals surface area contributed by atoms with Crippen LogP contribution in [0.2, 0.25) is 0 Å². The van der Waals surface area contributed by atoms with Crippen LogP contribution in [0, 0.1) is 5.82 Å². The molecule has 0 fully saturated rings. The smallest absolute Gasteiger partial charge is 0.257 e. The molecule has 2 aromatic carbocycles. The third-order valence-electron chi connectivity index (χ3n) is 3.72. The van der Waals surface area contributed by atoms with Crippen LogP contribution >= 0.6 is 0 Å². The average Bonchev–Trinajstić information content (AvgIpc) is 2.96. The standard InChI is InChI=1S/C18H15FN2O3/c1-11(22)21-10-14(13-9-12(24-2)7-8-17(13)21)18(23)20-16-6-4-3-5-15(16)19/h3-10H,1-2H3,(H,20,23). The van der Waals surface area contributed by atoms with Crippen LogP contribution in [0.4, 0.5) is 10.1 Å². The van der Waals surface area contributed by atoms with E-state index < -0.39 is 11.7 Å². The van der Waals surface area contributed by atoms with Gasteiger partial charge in [0.2, 0.25) is 5.91 Å². The Hall–Kier alpha value is -3.15. The number of ether oxygens (including phenoxy) is 1. The summed E-state index contributed by atoms with van der Waals surface area (Å²) in [7, 11) is 1.52. The summed E-state index contributed by atoms with van der Waals surface area (Å²) in [5.74, 6) is -0.698. The molecule has 0 atom stereocenters. The number of para-hydroxylation sites is 1. The Labute approximate surface area is 137 Å². The van der Waals surface area contributed by atoms with Crippen LogP contribution < -0.4 is 10.1 Å². The number of nitrogens with one attached hydrogen (secondary N) is 1. The van der Waals surface area contributed by atoms with Gasteiger partial charge in [0.25, 0.3) is 5.91 Å². The lowest BCUT2D eigenvalue weighted by atomic mass is 10.1. The third-order valence-corrected chi connectivity index (χ3v) is 3.72. The summed E-state index contributed by atoms with van der Waals surface area (Å²) < 4.78 is 20.3. The van der Waals surface area contributed by atoms with Gasteiger partial charge >= 0.3 is 0 Å². The van der Waals surface area contributed by atoms with Crippen molar-refractivity contribution in [3.05, 3.63) is 60.0 Å². The molecule has 1 amide bonds. The maximum atomic E-state index is 13.7. The molecule has 5 nitrogen and oxygen atoms in total. The fraction of sp³-hybridized carbons (Fsp3) is 0.111. The first-order valence-corrected chi connectivity index (χ1v) is 7.27. The summed E-state index contributed by atoms with van der Waals surface area (Å²) >= 11 is 0. The second-order valence-corrected chi connectivity index (χ2v) is 5.25. The molecule has 0 bridgehead atoms. The van der Waals surface area contributed by atoms with E-state index in [1.807, 2.05) is 0 Å². The van der Waals surface area contributed by atoms with E-state index in [0.717, 1.165) is 0 Å². The van der Waals surface area contributed by atoms with E-state index >= 15 is 0 Å². The molecule has 0 aliphatic carbocycles. The highest BCUT2D eigenvalue weighted by molar-refractivity contribution is 6.14. The second kappa shape index (κ2) is 6.16. The SMILES string of the molecule is COc1ccc2c(c1)c(C(=O)Nc1ccccc1F)cn2C(C)=O. The normalized spacial score (nSPS) is 10.6. The number of anilines is 1. The molecule has 1 heterocycles. The molecule has 6 heteroatoms. The maximum absolute atomic E-state index is 13.7. The predicted octanol–water partition coefficient (Wildman–Crippen LogP) is 3.70. The van der Waals surface area contributed by atoms with Crippen LogP contribution in [-0.2, 0) is 0 Å². The summed E-state index contributed by atoms with van der Waals surface area (Å²) in [4.78, 5) is 24.4. The van der Waals surface area contributed by atoms with Crippen LogP contribution in [0.1, 0.15) is 22.1 Å². The second-order valence-electron chi connectivity index (χ2n) is 5.25. The Morgan fingerprint density at radius 3 is 2.58 bits per heavy atom. The van der Waals surface area contributed by atoms with Crippen LogP contribution in [0.5, 0.6) is 5.75 Å². The van der Waals surface area contributed by atoms with E-state index in [2.05, 4.69) is 5.32 Å². The van der Waals surface area contributed by atoms with Crippen molar-refractivity contribution in [2.45, 2.75) is 6.92 Å². The zero-order valence-electron chi connectivity index (χ0n) is 13.2. The van der Waals surface area contributed by atoms with E-state index in [1.54, 1.807) is 24.3 Å². The fourth-order valence-corrected chi connectivity index (χ4v) is 2.53. The van der Waals surface area contributed by atoms with Gasteiger partial charge < -0.3 is 10.1 Å². The Balaban J connectivity index is 2.09. The van der Waals surface area contributed by atoms with Gasteiger partial charge in [0.15, 0.2) is 0 Å². The summed E-state index contributed by atoms with van der Waals surface area (Å²) in [6.45, 7) is 1.40. The van der Waals surface area contributed by atoms with Gasteiger partial charge in [-0.05, 0) is 30.3 Å². The summed E-state index contributed by atoms with van der Waals surface area (Å²) in [6.07, 6.45) is 1.45. The van der Waals surface area contributed by atoms with Gasteiger partial charge in [0, 0.05) is 18.5 Å². The lowest BCUT2D eigenvalue weighted by Crippen LogP contribution is -2.13. The van der Waals surface area contributed by atoms with E-state index in [-0.39, 0.29) is 17.2 Å². The number of amides is 1. The topological polar surface area (TPSA) is 60.3 Å². The van der Waals surface area contributed by atoms with Crippen molar-refractivity contribution < 1.29 is 18.7 Å². The van der Waals surface area contributed by atoms with Crippen molar-refractivity contribution in [3.8, 4) is 5.75 Å². The average molecular weight is 326 g/mol. The highest BCUT2D eigenvalue weighted by Gasteiger charge is 2.18. The highest BCUT2D eigenvalue weighted by Crippen LogP contribution is 2.27. The molecule has 0 aliphatic rings. The molecular formula is C18H15FN2O3. The minimum Gasteiger partial charge on any atom is -0.497 e. The van der Waals surface area contributed by atoms with Gasteiger partial charge in [-0.1, -0.05) is 12.1 Å². The number of hydrogen-bond donors (Lipinski definition) is 1. The van der Waals surface area contributed by atoms with E-state index in [0.29, 0.717) is 16.7 Å². The molecule has 1 N–H and O–H groups in total. The monoisotopic (exact) mass is 326 g/mol. The van der Waals surface area contributed by atoms with Gasteiger partial charge in [-0.3, -0.25) is 14.2 Å². The molecule has 0 aliphatic heterocycles. The van der Waals surface area contributed by atoms with E-state index in [1.165, 1.54) is 43.0 Å². The Morgan fingerprint density at radius 2 is 1.92 bits per heavy atom. The van der Waals surface area contributed by atoms with Crippen LogP contribution in [0.15, 0.2) is 48.7 Å². The third kappa shape index (κ3) is 2.74. The lowest BCUT2D eigenvalue weighted by molar-refractivity contribution is 0.0941. The first-order chi connectivity index (χ1) is 11.5. The minimum absolute atomic E-state index is 0.0779. The Kier molecular flexibility index (Phi) is 4.04. The van der Waals surface area contributed by atoms with E-state index in [9.17, 15) is 14.0 Å². The van der Waals surface area contributed by atoms with Crippen LogP contribution in [-0.4, -0.2) is 23.5 Å². The summed E-state index contributed by atoms with van der Waals surface area (Å²) in [5.41, 5.74) is 0.929. The van der Waals surface area contributed by atoms with Crippen LogP contribution in [0.3, 0.4) is 0 Å². The molecular weight excluding hydrogens is 311 g/mol. The van der Waals surface area contributed by atoms with Gasteiger partial charge in [-0.15, -0.1) is 0 Å². The quantitative estimate of drug-likeness (QED) is 0.798. The fourth-order valence-electron chi connectivity index (χ4n) is 2.53. The maximum Gasteiger partial charge on any atom is 0.257 e. The zero-order valence-corrected chi connectivity index (χ0v) is 13.2. The van der Waals surface area contributed by atoms with Gasteiger partial charge in [-0.25, -0.2) is 4.39 Å². The number of methoxy groups -OCH3 is 1. The van der Waals surface area contributed by atoms with Gasteiger partial charge in [0.1, 0.15) is 11.6 Å². The molecule has 3 aromatic rings.